The molecule has 4 heteroatoms. The molecule has 1 fully saturated rings. The molecule has 1 heterocycles. The monoisotopic (exact) mass is 258 g/mol. The van der Waals surface area contributed by atoms with Gasteiger partial charge >= 0.3 is 0 Å². The van der Waals surface area contributed by atoms with Crippen molar-refractivity contribution in [2.24, 2.45) is 11.7 Å². The predicted molar refractivity (Wildman–Crippen MR) is 71.5 cm³/mol. The minimum Gasteiger partial charge on any atom is -0.328 e. The summed E-state index contributed by atoms with van der Waals surface area (Å²) >= 11 is 0. The predicted octanol–water partition coefficient (Wildman–Crippen LogP) is 1.34. The highest BCUT2D eigenvalue weighted by atomic mass is 16.2. The Kier molecular flexibility index (Phi) is 2.71. The number of carbonyl (C=O) groups excluding carboxylic acids is 2. The lowest BCUT2D eigenvalue weighted by Crippen LogP contribution is -2.60. The number of benzene rings is 1. The summed E-state index contributed by atoms with van der Waals surface area (Å²) in [4.78, 5) is 26.4. The summed E-state index contributed by atoms with van der Waals surface area (Å²) in [5.74, 6) is 0.0471. The fraction of sp³-hybridized carbons (Fsp3) is 0.467. The molecule has 0 aromatic heterocycles. The van der Waals surface area contributed by atoms with Gasteiger partial charge in [0.2, 0.25) is 5.91 Å². The number of hydrogen-bond donors (Lipinski definition) is 1. The molecular formula is C15H18N2O2. The van der Waals surface area contributed by atoms with Gasteiger partial charge in [-0.2, -0.15) is 0 Å². The van der Waals surface area contributed by atoms with E-state index in [1.807, 2.05) is 25.1 Å². The normalized spacial score (nSPS) is 22.1. The number of nitrogens with zero attached hydrogens (tertiary/aromatic N) is 1. The number of amides is 2. The van der Waals surface area contributed by atoms with E-state index in [4.69, 9.17) is 5.73 Å². The number of rotatable bonds is 3. The van der Waals surface area contributed by atoms with Crippen LogP contribution < -0.4 is 5.73 Å². The van der Waals surface area contributed by atoms with Crippen molar-refractivity contribution >= 4 is 11.8 Å². The first-order chi connectivity index (χ1) is 9.08. The molecule has 1 saturated carbocycles. The molecule has 2 N–H and O–H groups in total. The third-order valence-corrected chi connectivity index (χ3v) is 4.42. The zero-order valence-corrected chi connectivity index (χ0v) is 11.1. The summed E-state index contributed by atoms with van der Waals surface area (Å²) in [6.45, 7) is 2.27. The van der Waals surface area contributed by atoms with Gasteiger partial charge in [-0.1, -0.05) is 18.2 Å². The van der Waals surface area contributed by atoms with Gasteiger partial charge in [-0.3, -0.25) is 14.5 Å². The van der Waals surface area contributed by atoms with Crippen LogP contribution >= 0.6 is 0 Å². The third-order valence-electron chi connectivity index (χ3n) is 4.42. The van der Waals surface area contributed by atoms with Crippen molar-refractivity contribution in [1.82, 2.24) is 4.90 Å². The van der Waals surface area contributed by atoms with Crippen LogP contribution in [0, 0.1) is 5.92 Å². The zero-order valence-electron chi connectivity index (χ0n) is 11.1. The van der Waals surface area contributed by atoms with E-state index in [2.05, 4.69) is 0 Å². The van der Waals surface area contributed by atoms with Crippen LogP contribution in [0.25, 0.3) is 0 Å². The van der Waals surface area contributed by atoms with Gasteiger partial charge in [-0.15, -0.1) is 0 Å². The highest BCUT2D eigenvalue weighted by molar-refractivity contribution is 6.10. The molecule has 3 rings (SSSR count). The van der Waals surface area contributed by atoms with Gasteiger partial charge in [0.05, 0.1) is 12.0 Å². The lowest BCUT2D eigenvalue weighted by molar-refractivity contribution is -0.133. The lowest BCUT2D eigenvalue weighted by atomic mass is 9.88. The molecule has 0 bridgehead atoms. The molecule has 1 atom stereocenters. The number of carbonyl (C=O) groups is 2. The number of fused-ring (bicyclic) bond motifs is 1. The molecule has 1 aromatic rings. The quantitative estimate of drug-likeness (QED) is 0.832. The van der Waals surface area contributed by atoms with Crippen LogP contribution in [-0.2, 0) is 11.2 Å². The standard InChI is InChI=1S/C15H18N2O2/c1-15(9-16,11-6-7-11)17-13(18)8-10-4-2-3-5-12(10)14(17)19/h2-5,11H,6-9,16H2,1H3. The zero-order chi connectivity index (χ0) is 13.6. The van der Waals surface area contributed by atoms with Crippen LogP contribution in [0.2, 0.25) is 0 Å². The summed E-state index contributed by atoms with van der Waals surface area (Å²) in [7, 11) is 0. The number of imide groups is 1. The summed E-state index contributed by atoms with van der Waals surface area (Å²) < 4.78 is 0. The molecule has 1 aromatic carbocycles. The van der Waals surface area contributed by atoms with Gasteiger partial charge < -0.3 is 5.73 Å². The molecule has 19 heavy (non-hydrogen) atoms. The van der Waals surface area contributed by atoms with Crippen LogP contribution in [0.4, 0.5) is 0 Å². The summed E-state index contributed by atoms with van der Waals surface area (Å²) in [6.07, 6.45) is 2.39. The van der Waals surface area contributed by atoms with Crippen molar-refractivity contribution in [3.8, 4) is 0 Å². The number of hydrogen-bond acceptors (Lipinski definition) is 3. The van der Waals surface area contributed by atoms with Crippen LogP contribution in [-0.4, -0.2) is 28.8 Å². The Labute approximate surface area is 112 Å². The highest BCUT2D eigenvalue weighted by Gasteiger charge is 2.50. The first kappa shape index (κ1) is 12.4. The Morgan fingerprint density at radius 1 is 1.32 bits per heavy atom. The van der Waals surface area contributed by atoms with Crippen molar-refractivity contribution in [2.75, 3.05) is 6.54 Å². The van der Waals surface area contributed by atoms with Crippen molar-refractivity contribution in [1.29, 1.82) is 0 Å². The van der Waals surface area contributed by atoms with Crippen LogP contribution in [0.1, 0.15) is 35.7 Å². The maximum Gasteiger partial charge on any atom is 0.261 e. The van der Waals surface area contributed by atoms with Gasteiger partial charge in [-0.25, -0.2) is 0 Å². The molecule has 2 aliphatic rings. The second-order valence-electron chi connectivity index (χ2n) is 5.70. The minimum atomic E-state index is -0.526. The molecule has 0 radical (unpaired) electrons. The topological polar surface area (TPSA) is 63.4 Å². The van der Waals surface area contributed by atoms with E-state index >= 15 is 0 Å². The molecular weight excluding hydrogens is 240 g/mol. The Morgan fingerprint density at radius 3 is 2.63 bits per heavy atom. The van der Waals surface area contributed by atoms with Crippen LogP contribution in [0.15, 0.2) is 24.3 Å². The lowest BCUT2D eigenvalue weighted by Gasteiger charge is -2.41. The van der Waals surface area contributed by atoms with Crippen molar-refractivity contribution in [2.45, 2.75) is 31.7 Å². The highest BCUT2D eigenvalue weighted by Crippen LogP contribution is 2.44. The van der Waals surface area contributed by atoms with E-state index in [1.54, 1.807) is 6.07 Å². The first-order valence-electron chi connectivity index (χ1n) is 6.73. The van der Waals surface area contributed by atoms with E-state index in [0.29, 0.717) is 24.4 Å². The second-order valence-corrected chi connectivity index (χ2v) is 5.70. The van der Waals surface area contributed by atoms with Crippen molar-refractivity contribution in [3.05, 3.63) is 35.4 Å². The molecule has 0 spiro atoms. The summed E-state index contributed by atoms with van der Waals surface area (Å²) in [5, 5.41) is 0. The second kappa shape index (κ2) is 4.17. The molecule has 0 saturated heterocycles. The molecule has 1 unspecified atom stereocenters. The molecule has 1 aliphatic heterocycles. The Bertz CT molecular complexity index is 551. The minimum absolute atomic E-state index is 0.122. The number of nitrogens with two attached hydrogens (primary N) is 1. The van der Waals surface area contributed by atoms with Crippen LogP contribution in [0.5, 0.6) is 0 Å². The largest absolute Gasteiger partial charge is 0.328 e. The fourth-order valence-electron chi connectivity index (χ4n) is 3.02. The summed E-state index contributed by atoms with van der Waals surface area (Å²) in [5.41, 5.74) is 6.82. The SMILES string of the molecule is CC(CN)(C1CC1)N1C(=O)Cc2ccccc2C1=O. The maximum atomic E-state index is 12.6. The van der Waals surface area contributed by atoms with Crippen LogP contribution in [0.3, 0.4) is 0 Å². The maximum absolute atomic E-state index is 12.6. The van der Waals surface area contributed by atoms with Gasteiger partial charge in [0.25, 0.3) is 5.91 Å². The molecule has 100 valence electrons. The Hall–Kier alpha value is -1.68. The van der Waals surface area contributed by atoms with E-state index in [-0.39, 0.29) is 11.8 Å². The van der Waals surface area contributed by atoms with Crippen molar-refractivity contribution in [3.63, 3.8) is 0 Å². The first-order valence-corrected chi connectivity index (χ1v) is 6.73. The molecule has 2 amide bonds. The van der Waals surface area contributed by atoms with E-state index in [1.165, 1.54) is 4.90 Å². The molecule has 4 nitrogen and oxygen atoms in total. The summed E-state index contributed by atoms with van der Waals surface area (Å²) in [6, 6.07) is 7.33. The smallest absolute Gasteiger partial charge is 0.261 e. The third kappa shape index (κ3) is 1.78. The Morgan fingerprint density at radius 2 is 2.00 bits per heavy atom. The fourth-order valence-corrected chi connectivity index (χ4v) is 3.02. The Balaban J connectivity index is 2.04. The molecule has 1 aliphatic carbocycles. The van der Waals surface area contributed by atoms with E-state index in [9.17, 15) is 9.59 Å². The van der Waals surface area contributed by atoms with Gasteiger partial charge in [0, 0.05) is 12.1 Å². The van der Waals surface area contributed by atoms with Gasteiger partial charge in [0.15, 0.2) is 0 Å². The van der Waals surface area contributed by atoms with E-state index < -0.39 is 5.54 Å². The van der Waals surface area contributed by atoms with Crippen molar-refractivity contribution < 1.29 is 9.59 Å². The average molecular weight is 258 g/mol. The van der Waals surface area contributed by atoms with E-state index in [0.717, 1.165) is 18.4 Å². The average Bonchev–Trinajstić information content (AvgIpc) is 3.23. The van der Waals surface area contributed by atoms with Gasteiger partial charge in [0.1, 0.15) is 0 Å². The van der Waals surface area contributed by atoms with Gasteiger partial charge in [-0.05, 0) is 37.3 Å².